The number of nitrogens with one attached hydrogen (secondary N) is 1. The normalized spacial score (nSPS) is 13.6. The van der Waals surface area contributed by atoms with Crippen molar-refractivity contribution in [3.63, 3.8) is 0 Å². The standard InChI is InChI=1S/C26H27N3O3S/c1-4-28(5-2)20-12-10-19(11-13-20)27-24-23(22-7-6-16-33-22)25(30)29(26(24)31)17-18-8-14-21(32-3)15-9-18/h6-16,27H,4-5,17H2,1-3H3. The van der Waals surface area contributed by atoms with Crippen molar-refractivity contribution >= 4 is 40.1 Å². The Morgan fingerprint density at radius 1 is 0.939 bits per heavy atom. The van der Waals surface area contributed by atoms with E-state index in [4.69, 9.17) is 4.74 Å². The first-order valence-electron chi connectivity index (χ1n) is 10.9. The lowest BCUT2D eigenvalue weighted by Gasteiger charge is -2.21. The highest BCUT2D eigenvalue weighted by Crippen LogP contribution is 2.34. The van der Waals surface area contributed by atoms with E-state index >= 15 is 0 Å². The van der Waals surface area contributed by atoms with Crippen LogP contribution in [-0.4, -0.2) is 36.9 Å². The summed E-state index contributed by atoms with van der Waals surface area (Å²) in [5, 5.41) is 5.14. The zero-order chi connectivity index (χ0) is 23.4. The molecular formula is C26H27N3O3S. The van der Waals surface area contributed by atoms with Crippen LogP contribution in [0.3, 0.4) is 0 Å². The number of carbonyl (C=O) groups excluding carboxylic acids is 2. The monoisotopic (exact) mass is 461 g/mol. The second-order valence-corrected chi connectivity index (χ2v) is 8.56. The number of carbonyl (C=O) groups is 2. The van der Waals surface area contributed by atoms with E-state index in [0.717, 1.165) is 40.7 Å². The number of imide groups is 1. The van der Waals surface area contributed by atoms with Crippen LogP contribution in [0.1, 0.15) is 24.3 Å². The van der Waals surface area contributed by atoms with Crippen molar-refractivity contribution in [2.75, 3.05) is 30.4 Å². The predicted molar refractivity (Wildman–Crippen MR) is 133 cm³/mol. The van der Waals surface area contributed by atoms with Crippen LogP contribution in [0.2, 0.25) is 0 Å². The quantitative estimate of drug-likeness (QED) is 0.455. The highest BCUT2D eigenvalue weighted by molar-refractivity contribution is 7.11. The summed E-state index contributed by atoms with van der Waals surface area (Å²) in [7, 11) is 1.60. The largest absolute Gasteiger partial charge is 0.497 e. The van der Waals surface area contributed by atoms with Gasteiger partial charge in [-0.3, -0.25) is 14.5 Å². The highest BCUT2D eigenvalue weighted by atomic mass is 32.1. The third kappa shape index (κ3) is 4.64. The van der Waals surface area contributed by atoms with Crippen LogP contribution in [0.25, 0.3) is 5.57 Å². The minimum absolute atomic E-state index is 0.197. The first-order chi connectivity index (χ1) is 16.0. The Morgan fingerprint density at radius 2 is 1.64 bits per heavy atom. The van der Waals surface area contributed by atoms with Crippen LogP contribution in [-0.2, 0) is 16.1 Å². The van der Waals surface area contributed by atoms with E-state index in [2.05, 4.69) is 24.1 Å². The zero-order valence-electron chi connectivity index (χ0n) is 19.0. The Kier molecular flexibility index (Phi) is 6.79. The molecule has 0 fully saturated rings. The molecule has 1 N–H and O–H groups in total. The number of thiophene rings is 1. The fourth-order valence-corrected chi connectivity index (χ4v) is 4.66. The minimum Gasteiger partial charge on any atom is -0.497 e. The molecule has 0 unspecified atom stereocenters. The van der Waals surface area contributed by atoms with Crippen LogP contribution in [0.4, 0.5) is 11.4 Å². The van der Waals surface area contributed by atoms with Crippen molar-refractivity contribution in [2.24, 2.45) is 0 Å². The summed E-state index contributed by atoms with van der Waals surface area (Å²) >= 11 is 1.45. The number of amides is 2. The fraction of sp³-hybridized carbons (Fsp3) is 0.231. The molecule has 7 heteroatoms. The van der Waals surface area contributed by atoms with Crippen molar-refractivity contribution in [1.29, 1.82) is 0 Å². The first kappa shape index (κ1) is 22.6. The van der Waals surface area contributed by atoms with Crippen LogP contribution < -0.4 is 15.0 Å². The second-order valence-electron chi connectivity index (χ2n) is 7.62. The molecule has 33 heavy (non-hydrogen) atoms. The van der Waals surface area contributed by atoms with Gasteiger partial charge in [-0.1, -0.05) is 18.2 Å². The number of hydrogen-bond acceptors (Lipinski definition) is 6. The molecule has 0 spiro atoms. The topological polar surface area (TPSA) is 61.9 Å². The minimum atomic E-state index is -0.327. The van der Waals surface area contributed by atoms with Crippen molar-refractivity contribution in [1.82, 2.24) is 4.90 Å². The fourth-order valence-electron chi connectivity index (χ4n) is 3.89. The summed E-state index contributed by atoms with van der Waals surface area (Å²) < 4.78 is 5.20. The molecule has 0 saturated heterocycles. The average molecular weight is 462 g/mol. The molecule has 4 rings (SSSR count). The number of benzene rings is 2. The molecule has 2 amide bonds. The Labute approximate surface area is 198 Å². The van der Waals surface area contributed by atoms with Crippen molar-refractivity contribution in [3.05, 3.63) is 82.2 Å². The van der Waals surface area contributed by atoms with E-state index in [1.165, 1.54) is 16.2 Å². The highest BCUT2D eigenvalue weighted by Gasteiger charge is 2.39. The Balaban J connectivity index is 1.62. The maximum Gasteiger partial charge on any atom is 0.278 e. The molecule has 1 aliphatic heterocycles. The van der Waals surface area contributed by atoms with Crippen LogP contribution in [0.5, 0.6) is 5.75 Å². The molecule has 2 heterocycles. The van der Waals surface area contributed by atoms with Gasteiger partial charge >= 0.3 is 0 Å². The molecule has 6 nitrogen and oxygen atoms in total. The van der Waals surface area contributed by atoms with E-state index in [9.17, 15) is 9.59 Å². The summed E-state index contributed by atoms with van der Waals surface area (Å²) in [5.74, 6) is 0.110. The molecule has 170 valence electrons. The maximum absolute atomic E-state index is 13.4. The summed E-state index contributed by atoms with van der Waals surface area (Å²) in [6.07, 6.45) is 0. The lowest BCUT2D eigenvalue weighted by molar-refractivity contribution is -0.137. The molecule has 0 bridgehead atoms. The van der Waals surface area contributed by atoms with Gasteiger partial charge in [0.2, 0.25) is 0 Å². The SMILES string of the molecule is CCN(CC)c1ccc(NC2=C(c3cccs3)C(=O)N(Cc3ccc(OC)cc3)C2=O)cc1. The van der Waals surface area contributed by atoms with Gasteiger partial charge in [-0.05, 0) is 67.3 Å². The van der Waals surface area contributed by atoms with Gasteiger partial charge in [-0.15, -0.1) is 11.3 Å². The zero-order valence-corrected chi connectivity index (χ0v) is 19.8. The van der Waals surface area contributed by atoms with Gasteiger partial charge in [0.25, 0.3) is 11.8 Å². The summed E-state index contributed by atoms with van der Waals surface area (Å²) in [6.45, 7) is 6.28. The van der Waals surface area contributed by atoms with Gasteiger partial charge in [0.05, 0.1) is 19.2 Å². The van der Waals surface area contributed by atoms with E-state index < -0.39 is 0 Å². The van der Waals surface area contributed by atoms with Gasteiger partial charge < -0.3 is 15.0 Å². The van der Waals surface area contributed by atoms with Crippen molar-refractivity contribution in [3.8, 4) is 5.75 Å². The summed E-state index contributed by atoms with van der Waals surface area (Å²) in [4.78, 5) is 31.0. The summed E-state index contributed by atoms with van der Waals surface area (Å²) in [6, 6.07) is 19.1. The third-order valence-corrected chi connectivity index (χ3v) is 6.59. The number of nitrogens with zero attached hydrogens (tertiary/aromatic N) is 2. The van der Waals surface area contributed by atoms with Crippen molar-refractivity contribution < 1.29 is 14.3 Å². The Morgan fingerprint density at radius 3 is 2.21 bits per heavy atom. The van der Waals surface area contributed by atoms with E-state index in [1.54, 1.807) is 7.11 Å². The molecule has 0 radical (unpaired) electrons. The molecular weight excluding hydrogens is 434 g/mol. The van der Waals surface area contributed by atoms with Gasteiger partial charge in [0, 0.05) is 29.3 Å². The molecule has 3 aromatic rings. The second kappa shape index (κ2) is 9.92. The first-order valence-corrected chi connectivity index (χ1v) is 11.8. The number of rotatable bonds is 9. The van der Waals surface area contributed by atoms with Crippen LogP contribution in [0, 0.1) is 0 Å². The van der Waals surface area contributed by atoms with Gasteiger partial charge in [0.15, 0.2) is 0 Å². The smallest absolute Gasteiger partial charge is 0.278 e. The molecule has 1 aromatic heterocycles. The Bertz CT molecular complexity index is 1150. The van der Waals surface area contributed by atoms with Crippen LogP contribution in [0.15, 0.2) is 71.7 Å². The summed E-state index contributed by atoms with van der Waals surface area (Å²) in [5.41, 5.74) is 3.46. The number of ether oxygens (including phenoxy) is 1. The molecule has 0 atom stereocenters. The lowest BCUT2D eigenvalue weighted by atomic mass is 10.1. The van der Waals surface area contributed by atoms with E-state index in [0.29, 0.717) is 11.3 Å². The van der Waals surface area contributed by atoms with Crippen LogP contribution >= 0.6 is 11.3 Å². The predicted octanol–water partition coefficient (Wildman–Crippen LogP) is 5.00. The number of hydrogen-bond donors (Lipinski definition) is 1. The third-order valence-electron chi connectivity index (χ3n) is 5.70. The van der Waals surface area contributed by atoms with Crippen molar-refractivity contribution in [2.45, 2.75) is 20.4 Å². The van der Waals surface area contributed by atoms with Gasteiger partial charge in [-0.2, -0.15) is 0 Å². The molecule has 1 aliphatic rings. The maximum atomic E-state index is 13.4. The van der Waals surface area contributed by atoms with Gasteiger partial charge in [0.1, 0.15) is 11.4 Å². The molecule has 0 saturated carbocycles. The molecule has 2 aromatic carbocycles. The number of anilines is 2. The van der Waals surface area contributed by atoms with Gasteiger partial charge in [-0.25, -0.2) is 0 Å². The average Bonchev–Trinajstić information content (AvgIpc) is 3.44. The Hall–Kier alpha value is -3.58. The van der Waals surface area contributed by atoms with E-state index in [1.807, 2.05) is 66.0 Å². The lowest BCUT2D eigenvalue weighted by Crippen LogP contribution is -2.31. The van der Waals surface area contributed by atoms with E-state index in [-0.39, 0.29) is 18.4 Å². The molecule has 0 aliphatic carbocycles. The number of methoxy groups -OCH3 is 1.